The molecule has 1 aromatic heterocycles. The molecule has 1 N–H and O–H groups in total. The number of sulfonamides is 1. The van der Waals surface area contributed by atoms with Crippen molar-refractivity contribution in [3.63, 3.8) is 0 Å². The molecule has 2 atom stereocenters. The van der Waals surface area contributed by atoms with Crippen LogP contribution < -0.4 is 0 Å². The molecule has 1 aromatic rings. The maximum atomic E-state index is 12.7. The van der Waals surface area contributed by atoms with Gasteiger partial charge in [-0.15, -0.1) is 11.3 Å². The Bertz CT molecular complexity index is 657. The van der Waals surface area contributed by atoms with Gasteiger partial charge in [-0.05, 0) is 26.3 Å². The van der Waals surface area contributed by atoms with Gasteiger partial charge in [0.15, 0.2) is 9.90 Å². The summed E-state index contributed by atoms with van der Waals surface area (Å²) in [4.78, 5) is 17.0. The summed E-state index contributed by atoms with van der Waals surface area (Å²) in [5, 5.41) is 9.07. The Labute approximate surface area is 127 Å². The van der Waals surface area contributed by atoms with E-state index in [9.17, 15) is 13.2 Å². The van der Waals surface area contributed by atoms with E-state index < -0.39 is 16.0 Å². The van der Waals surface area contributed by atoms with Crippen LogP contribution in [0.3, 0.4) is 0 Å². The van der Waals surface area contributed by atoms with E-state index in [1.54, 1.807) is 0 Å². The minimum atomic E-state index is -3.78. The van der Waals surface area contributed by atoms with Gasteiger partial charge in [0.05, 0.1) is 5.51 Å². The number of carboxylic acid groups (broad SMARTS) is 1. The molecule has 116 valence electrons. The highest BCUT2D eigenvalue weighted by Gasteiger charge is 2.40. The summed E-state index contributed by atoms with van der Waals surface area (Å²) in [5.74, 6) is -1.30. The molecule has 3 rings (SSSR count). The number of aromatic nitrogens is 1. The molecule has 2 unspecified atom stereocenters. The topological polar surface area (TPSA) is 90.8 Å². The third kappa shape index (κ3) is 2.48. The van der Waals surface area contributed by atoms with Gasteiger partial charge >= 0.3 is 5.97 Å². The lowest BCUT2D eigenvalue weighted by atomic mass is 10.1. The van der Waals surface area contributed by atoms with Crippen molar-refractivity contribution in [1.29, 1.82) is 0 Å². The second-order valence-electron chi connectivity index (χ2n) is 5.50. The molecule has 3 heterocycles. The molecule has 21 heavy (non-hydrogen) atoms. The van der Waals surface area contributed by atoms with E-state index in [4.69, 9.17) is 5.11 Å². The highest BCUT2D eigenvalue weighted by molar-refractivity contribution is 7.91. The molecule has 0 spiro atoms. The lowest BCUT2D eigenvalue weighted by Gasteiger charge is -2.24. The van der Waals surface area contributed by atoms with E-state index in [0.29, 0.717) is 19.1 Å². The van der Waals surface area contributed by atoms with Crippen molar-refractivity contribution in [2.24, 2.45) is 0 Å². The van der Waals surface area contributed by atoms with Gasteiger partial charge in [-0.1, -0.05) is 0 Å². The number of likely N-dealkylation sites (N-methyl/N-ethyl adjacent to an activating group) is 1. The van der Waals surface area contributed by atoms with Crippen LogP contribution in [0.1, 0.15) is 29.8 Å². The van der Waals surface area contributed by atoms with E-state index in [2.05, 4.69) is 9.88 Å². The Morgan fingerprint density at radius 2 is 2.10 bits per heavy atom. The number of rotatable bonds is 3. The third-order valence-corrected chi connectivity index (χ3v) is 7.64. The van der Waals surface area contributed by atoms with Gasteiger partial charge in [0, 0.05) is 25.2 Å². The molecule has 0 amide bonds. The SMILES string of the molecule is CN1C2CCC1CN(S(=O)(=O)c1scnc1C(=O)O)CC2. The monoisotopic (exact) mass is 331 g/mol. The molecule has 2 aliphatic heterocycles. The zero-order valence-corrected chi connectivity index (χ0v) is 13.2. The lowest BCUT2D eigenvalue weighted by molar-refractivity contribution is 0.0687. The molecular formula is C12H17N3O4S2. The Balaban J connectivity index is 1.92. The van der Waals surface area contributed by atoms with Crippen LogP contribution in [0.15, 0.2) is 9.72 Å². The van der Waals surface area contributed by atoms with Crippen LogP contribution in [0.5, 0.6) is 0 Å². The highest BCUT2D eigenvalue weighted by Crippen LogP contribution is 2.32. The van der Waals surface area contributed by atoms with Gasteiger partial charge < -0.3 is 5.11 Å². The fourth-order valence-corrected chi connectivity index (χ4v) is 5.94. The third-order valence-electron chi connectivity index (χ3n) is 4.42. The molecule has 0 aliphatic carbocycles. The summed E-state index contributed by atoms with van der Waals surface area (Å²) < 4.78 is 26.7. The summed E-state index contributed by atoms with van der Waals surface area (Å²) in [6.07, 6.45) is 2.88. The van der Waals surface area contributed by atoms with Crippen molar-refractivity contribution in [2.45, 2.75) is 35.6 Å². The normalized spacial score (nSPS) is 27.7. The average molecular weight is 331 g/mol. The fourth-order valence-electron chi connectivity index (χ4n) is 3.17. The van der Waals surface area contributed by atoms with E-state index in [0.717, 1.165) is 30.6 Å². The Morgan fingerprint density at radius 1 is 1.38 bits per heavy atom. The number of carbonyl (C=O) groups is 1. The molecule has 2 fully saturated rings. The van der Waals surface area contributed by atoms with Crippen LogP contribution in [-0.2, 0) is 10.0 Å². The van der Waals surface area contributed by atoms with Crippen molar-refractivity contribution in [3.8, 4) is 0 Å². The summed E-state index contributed by atoms with van der Waals surface area (Å²) in [7, 11) is -1.75. The Hall–Kier alpha value is -1.03. The van der Waals surface area contributed by atoms with Crippen molar-refractivity contribution >= 4 is 27.3 Å². The standard InChI is InChI=1S/C12H17N3O4S2/c1-14-8-2-3-9(14)6-15(5-4-8)21(18,19)12-10(11(16)17)13-7-20-12/h7-9H,2-6H2,1H3,(H,16,17). The molecule has 7 nitrogen and oxygen atoms in total. The molecule has 0 aromatic carbocycles. The first-order valence-electron chi connectivity index (χ1n) is 6.80. The van der Waals surface area contributed by atoms with Gasteiger partial charge in [0.1, 0.15) is 0 Å². The van der Waals surface area contributed by atoms with Crippen LogP contribution in [0.4, 0.5) is 0 Å². The number of aromatic carboxylic acids is 1. The zero-order valence-electron chi connectivity index (χ0n) is 11.6. The fraction of sp³-hybridized carbons (Fsp3) is 0.667. The van der Waals surface area contributed by atoms with E-state index >= 15 is 0 Å². The highest BCUT2D eigenvalue weighted by atomic mass is 32.2. The predicted octanol–water partition coefficient (Wildman–Crippen LogP) is 0.699. The Kier molecular flexibility index (Phi) is 3.76. The molecular weight excluding hydrogens is 314 g/mol. The van der Waals surface area contributed by atoms with E-state index in [-0.39, 0.29) is 15.9 Å². The quantitative estimate of drug-likeness (QED) is 0.877. The second-order valence-corrected chi connectivity index (χ2v) is 8.48. The van der Waals surface area contributed by atoms with Crippen LogP contribution in [0, 0.1) is 0 Å². The molecule has 2 bridgehead atoms. The number of carboxylic acids is 1. The van der Waals surface area contributed by atoms with Crippen molar-refractivity contribution < 1.29 is 18.3 Å². The predicted molar refractivity (Wildman–Crippen MR) is 77.0 cm³/mol. The van der Waals surface area contributed by atoms with E-state index in [1.165, 1.54) is 9.82 Å². The van der Waals surface area contributed by atoms with Gasteiger partial charge in [-0.2, -0.15) is 4.31 Å². The van der Waals surface area contributed by atoms with Crippen LogP contribution >= 0.6 is 11.3 Å². The van der Waals surface area contributed by atoms with Crippen LogP contribution in [-0.4, -0.2) is 65.9 Å². The lowest BCUT2D eigenvalue weighted by Crippen LogP contribution is -2.39. The van der Waals surface area contributed by atoms with E-state index in [1.807, 2.05) is 7.05 Å². The average Bonchev–Trinajstić information content (AvgIpc) is 2.95. The van der Waals surface area contributed by atoms with Crippen LogP contribution in [0.25, 0.3) is 0 Å². The van der Waals surface area contributed by atoms with Gasteiger partial charge in [-0.25, -0.2) is 18.2 Å². The summed E-state index contributed by atoms with van der Waals surface area (Å²) in [6.45, 7) is 0.858. The van der Waals surface area contributed by atoms with Crippen LogP contribution in [0.2, 0.25) is 0 Å². The molecule has 2 aliphatic rings. The first-order valence-corrected chi connectivity index (χ1v) is 9.12. The zero-order chi connectivity index (χ0) is 15.2. The Morgan fingerprint density at radius 3 is 2.81 bits per heavy atom. The number of hydrogen-bond donors (Lipinski definition) is 1. The number of thiazole rings is 1. The first kappa shape index (κ1) is 14.9. The smallest absolute Gasteiger partial charge is 0.356 e. The molecule has 0 saturated carbocycles. The first-order chi connectivity index (χ1) is 9.91. The van der Waals surface area contributed by atoms with Crippen molar-refractivity contribution in [2.75, 3.05) is 20.1 Å². The molecule has 0 radical (unpaired) electrons. The molecule has 2 saturated heterocycles. The minimum Gasteiger partial charge on any atom is -0.476 e. The summed E-state index contributed by atoms with van der Waals surface area (Å²) in [5.41, 5.74) is 0.898. The summed E-state index contributed by atoms with van der Waals surface area (Å²) >= 11 is 0.871. The maximum absolute atomic E-state index is 12.7. The van der Waals surface area contributed by atoms with Crippen molar-refractivity contribution in [3.05, 3.63) is 11.2 Å². The number of hydrogen-bond acceptors (Lipinski definition) is 6. The second kappa shape index (κ2) is 5.31. The van der Waals surface area contributed by atoms with Crippen molar-refractivity contribution in [1.82, 2.24) is 14.2 Å². The minimum absolute atomic E-state index is 0.157. The van der Waals surface area contributed by atoms with Gasteiger partial charge in [0.2, 0.25) is 0 Å². The van der Waals surface area contributed by atoms with Gasteiger partial charge in [0.25, 0.3) is 10.0 Å². The molecule has 9 heteroatoms. The van der Waals surface area contributed by atoms with Gasteiger partial charge in [-0.3, -0.25) is 4.90 Å². The number of nitrogens with zero attached hydrogens (tertiary/aromatic N) is 3. The number of fused-ring (bicyclic) bond motifs is 2. The largest absolute Gasteiger partial charge is 0.476 e. The summed E-state index contributed by atoms with van der Waals surface area (Å²) in [6, 6.07) is 0.643. The maximum Gasteiger partial charge on any atom is 0.356 e.